The van der Waals surface area contributed by atoms with E-state index in [2.05, 4.69) is 30.4 Å². The van der Waals surface area contributed by atoms with Crippen molar-refractivity contribution < 1.29 is 4.79 Å². The standard InChI is InChI=1S/C20H17ClO/c21-19-3-1-2-13-7-14-8-16(22)11-20(18(14)9-17(13)19)10-12-4-5-15(20)6-12/h1-5,7,9,12,15H,6,8,10-11H2. The van der Waals surface area contributed by atoms with Crippen molar-refractivity contribution in [3.63, 3.8) is 0 Å². The smallest absolute Gasteiger partial charge is 0.138 e. The zero-order valence-electron chi connectivity index (χ0n) is 12.3. The van der Waals surface area contributed by atoms with Gasteiger partial charge in [-0.05, 0) is 53.3 Å². The second-order valence-corrected chi connectivity index (χ2v) is 7.62. The third-order valence-corrected chi connectivity index (χ3v) is 6.33. The van der Waals surface area contributed by atoms with Crippen LogP contribution in [0.15, 0.2) is 42.5 Å². The lowest BCUT2D eigenvalue weighted by molar-refractivity contribution is -0.120. The van der Waals surface area contributed by atoms with Crippen molar-refractivity contribution in [2.75, 3.05) is 0 Å². The number of ketones is 1. The van der Waals surface area contributed by atoms with Crippen molar-refractivity contribution in [2.45, 2.75) is 31.1 Å². The summed E-state index contributed by atoms with van der Waals surface area (Å²) in [6.07, 6.45) is 8.34. The maximum atomic E-state index is 12.4. The molecule has 110 valence electrons. The Balaban J connectivity index is 1.81. The molecule has 0 N–H and O–H groups in total. The molecule has 0 heterocycles. The Labute approximate surface area is 135 Å². The normalized spacial score (nSPS) is 32.1. The lowest BCUT2D eigenvalue weighted by Crippen LogP contribution is -2.38. The third-order valence-electron chi connectivity index (χ3n) is 6.00. The van der Waals surface area contributed by atoms with Crippen LogP contribution in [0.25, 0.3) is 10.8 Å². The van der Waals surface area contributed by atoms with Gasteiger partial charge < -0.3 is 0 Å². The topological polar surface area (TPSA) is 17.1 Å². The molecule has 1 saturated carbocycles. The summed E-state index contributed by atoms with van der Waals surface area (Å²) in [5.74, 6) is 1.58. The summed E-state index contributed by atoms with van der Waals surface area (Å²) in [5, 5.41) is 3.09. The molecule has 0 radical (unpaired) electrons. The first-order chi connectivity index (χ1) is 10.7. The minimum absolute atomic E-state index is 0.0391. The molecule has 1 spiro atoms. The molecule has 2 heteroatoms. The Hall–Kier alpha value is -1.60. The minimum Gasteiger partial charge on any atom is -0.299 e. The molecule has 5 rings (SSSR count). The van der Waals surface area contributed by atoms with Crippen molar-refractivity contribution in [3.05, 3.63) is 58.6 Å². The van der Waals surface area contributed by atoms with Crippen LogP contribution >= 0.6 is 11.6 Å². The van der Waals surface area contributed by atoms with Gasteiger partial charge in [-0.1, -0.05) is 42.0 Å². The average Bonchev–Trinajstić information content (AvgIpc) is 3.07. The van der Waals surface area contributed by atoms with Gasteiger partial charge in [0.05, 0.1) is 0 Å². The van der Waals surface area contributed by atoms with Gasteiger partial charge in [0.2, 0.25) is 0 Å². The van der Waals surface area contributed by atoms with Crippen LogP contribution in [-0.2, 0) is 16.6 Å². The summed E-state index contributed by atoms with van der Waals surface area (Å²) in [6.45, 7) is 0. The lowest BCUT2D eigenvalue weighted by atomic mass is 9.62. The Morgan fingerprint density at radius 2 is 2.09 bits per heavy atom. The molecule has 3 unspecified atom stereocenters. The zero-order valence-corrected chi connectivity index (χ0v) is 13.1. The fraction of sp³-hybridized carbons (Fsp3) is 0.350. The molecular formula is C20H17ClO. The quantitative estimate of drug-likeness (QED) is 0.636. The van der Waals surface area contributed by atoms with E-state index in [1.165, 1.54) is 17.5 Å². The molecule has 0 amide bonds. The van der Waals surface area contributed by atoms with Crippen LogP contribution in [0.2, 0.25) is 5.02 Å². The highest BCUT2D eigenvalue weighted by molar-refractivity contribution is 6.35. The highest BCUT2D eigenvalue weighted by Gasteiger charge is 2.52. The van der Waals surface area contributed by atoms with E-state index in [1.54, 1.807) is 0 Å². The second kappa shape index (κ2) is 4.23. The monoisotopic (exact) mass is 308 g/mol. The molecule has 1 nitrogen and oxygen atoms in total. The predicted molar refractivity (Wildman–Crippen MR) is 89.3 cm³/mol. The molecule has 2 aromatic rings. The van der Waals surface area contributed by atoms with E-state index < -0.39 is 0 Å². The number of hydrogen-bond donors (Lipinski definition) is 0. The zero-order chi connectivity index (χ0) is 14.9. The first-order valence-corrected chi connectivity index (χ1v) is 8.45. The highest BCUT2D eigenvalue weighted by atomic mass is 35.5. The van der Waals surface area contributed by atoms with Crippen molar-refractivity contribution in [1.29, 1.82) is 0 Å². The fourth-order valence-corrected chi connectivity index (χ4v) is 5.37. The van der Waals surface area contributed by atoms with Crippen LogP contribution < -0.4 is 0 Å². The van der Waals surface area contributed by atoms with Gasteiger partial charge in [-0.25, -0.2) is 0 Å². The summed E-state index contributed by atoms with van der Waals surface area (Å²) < 4.78 is 0. The van der Waals surface area contributed by atoms with Gasteiger partial charge in [0.15, 0.2) is 0 Å². The van der Waals surface area contributed by atoms with Crippen LogP contribution in [0.4, 0.5) is 0 Å². The van der Waals surface area contributed by atoms with Crippen LogP contribution in [0.5, 0.6) is 0 Å². The molecule has 2 bridgehead atoms. The highest BCUT2D eigenvalue weighted by Crippen LogP contribution is 2.58. The third kappa shape index (κ3) is 1.58. The largest absolute Gasteiger partial charge is 0.299 e. The Bertz CT molecular complexity index is 850. The molecule has 1 fully saturated rings. The van der Waals surface area contributed by atoms with Crippen LogP contribution in [-0.4, -0.2) is 5.78 Å². The van der Waals surface area contributed by atoms with Crippen LogP contribution in [0.3, 0.4) is 0 Å². The predicted octanol–water partition coefficient (Wildman–Crippen LogP) is 4.84. The number of halogens is 1. The Morgan fingerprint density at radius 1 is 1.18 bits per heavy atom. The number of carbonyl (C=O) groups excluding carboxylic acids is 1. The van der Waals surface area contributed by atoms with Gasteiger partial charge in [0, 0.05) is 28.7 Å². The van der Waals surface area contributed by atoms with Gasteiger partial charge in [0.1, 0.15) is 5.78 Å². The van der Waals surface area contributed by atoms with Crippen LogP contribution in [0, 0.1) is 11.8 Å². The number of carbonyl (C=O) groups is 1. The van der Waals surface area contributed by atoms with E-state index in [1.807, 2.05) is 12.1 Å². The molecule has 3 aliphatic rings. The minimum atomic E-state index is 0.0391. The average molecular weight is 309 g/mol. The number of fused-ring (bicyclic) bond motifs is 6. The number of hydrogen-bond acceptors (Lipinski definition) is 1. The lowest BCUT2D eigenvalue weighted by Gasteiger charge is -2.40. The van der Waals surface area contributed by atoms with Crippen LogP contribution in [0.1, 0.15) is 30.4 Å². The first-order valence-electron chi connectivity index (χ1n) is 8.07. The number of rotatable bonds is 0. The Morgan fingerprint density at radius 3 is 2.86 bits per heavy atom. The molecule has 22 heavy (non-hydrogen) atoms. The van der Waals surface area contributed by atoms with E-state index in [-0.39, 0.29) is 5.41 Å². The number of Topliss-reactive ketones (excluding diaryl/α,β-unsaturated/α-hetero) is 1. The molecule has 0 aromatic heterocycles. The summed E-state index contributed by atoms with van der Waals surface area (Å²) >= 11 is 6.42. The summed E-state index contributed by atoms with van der Waals surface area (Å²) in [4.78, 5) is 12.4. The van der Waals surface area contributed by atoms with E-state index in [0.29, 0.717) is 30.5 Å². The van der Waals surface area contributed by atoms with E-state index >= 15 is 0 Å². The first kappa shape index (κ1) is 12.9. The van der Waals surface area contributed by atoms with Crippen molar-refractivity contribution in [1.82, 2.24) is 0 Å². The van der Waals surface area contributed by atoms with Gasteiger partial charge in [0.25, 0.3) is 0 Å². The van der Waals surface area contributed by atoms with Gasteiger partial charge in [-0.15, -0.1) is 0 Å². The molecule has 2 aromatic carbocycles. The van der Waals surface area contributed by atoms with Crippen molar-refractivity contribution in [2.24, 2.45) is 11.8 Å². The molecule has 3 aliphatic carbocycles. The van der Waals surface area contributed by atoms with Gasteiger partial charge in [-0.3, -0.25) is 4.79 Å². The summed E-state index contributed by atoms with van der Waals surface area (Å²) in [6, 6.07) is 10.5. The molecular weight excluding hydrogens is 292 g/mol. The fourth-order valence-electron chi connectivity index (χ4n) is 5.13. The van der Waals surface area contributed by atoms with Gasteiger partial charge >= 0.3 is 0 Å². The summed E-state index contributed by atoms with van der Waals surface area (Å²) in [7, 11) is 0. The van der Waals surface area contributed by atoms with E-state index in [4.69, 9.17) is 11.6 Å². The maximum Gasteiger partial charge on any atom is 0.138 e. The van der Waals surface area contributed by atoms with Gasteiger partial charge in [-0.2, -0.15) is 0 Å². The number of benzene rings is 2. The van der Waals surface area contributed by atoms with E-state index in [9.17, 15) is 4.79 Å². The SMILES string of the molecule is O=C1Cc2cc3cccc(Cl)c3cc2C2(C1)CC1C=CC2C1. The van der Waals surface area contributed by atoms with Crippen molar-refractivity contribution in [3.8, 4) is 0 Å². The maximum absolute atomic E-state index is 12.4. The molecule has 0 aliphatic heterocycles. The number of allylic oxidation sites excluding steroid dienone is 2. The summed E-state index contributed by atoms with van der Waals surface area (Å²) in [5.41, 5.74) is 2.66. The second-order valence-electron chi connectivity index (χ2n) is 7.21. The van der Waals surface area contributed by atoms with Crippen molar-refractivity contribution >= 4 is 28.2 Å². The van der Waals surface area contributed by atoms with E-state index in [0.717, 1.165) is 22.2 Å². The Kier molecular flexibility index (Phi) is 2.48. The molecule has 0 saturated heterocycles. The molecule has 3 atom stereocenters.